The molecule has 0 fully saturated rings. The number of aryl methyl sites for hydroxylation is 1. The van der Waals surface area contributed by atoms with Crippen molar-refractivity contribution in [1.29, 1.82) is 0 Å². The number of nitrogens with zero attached hydrogens (tertiary/aromatic N) is 4. The van der Waals surface area contributed by atoms with Gasteiger partial charge >= 0.3 is 6.18 Å². The topological polar surface area (TPSA) is 72.7 Å². The lowest BCUT2D eigenvalue weighted by Crippen LogP contribution is -2.14. The van der Waals surface area contributed by atoms with E-state index in [1.54, 1.807) is 4.57 Å². The number of pyridine rings is 1. The molecule has 2 aromatic heterocycles. The Kier molecular flexibility index (Phi) is 6.76. The van der Waals surface area contributed by atoms with Gasteiger partial charge < -0.3 is 9.88 Å². The quantitative estimate of drug-likeness (QED) is 0.546. The number of aromatic nitrogens is 4. The van der Waals surface area contributed by atoms with Crippen molar-refractivity contribution in [1.82, 2.24) is 19.7 Å². The minimum atomic E-state index is -4.54. The molecule has 0 bridgehead atoms. The van der Waals surface area contributed by atoms with Crippen molar-refractivity contribution in [3.63, 3.8) is 0 Å². The van der Waals surface area contributed by atoms with Gasteiger partial charge in [0.2, 0.25) is 5.91 Å². The summed E-state index contributed by atoms with van der Waals surface area (Å²) in [6, 6.07) is 9.98. The van der Waals surface area contributed by atoms with Crippen molar-refractivity contribution in [2.45, 2.75) is 38.1 Å². The fourth-order valence-electron chi connectivity index (χ4n) is 2.77. The SMILES string of the molecule is CCc1ccc(NC(=O)CSc2nnc(-c3ccnc(C(F)(F)F)c3)n2CC)cc1. The van der Waals surface area contributed by atoms with Gasteiger partial charge in [0.25, 0.3) is 0 Å². The van der Waals surface area contributed by atoms with Crippen LogP contribution in [0.2, 0.25) is 0 Å². The van der Waals surface area contributed by atoms with Crippen LogP contribution in [0.25, 0.3) is 11.4 Å². The van der Waals surface area contributed by atoms with Gasteiger partial charge in [-0.3, -0.25) is 9.78 Å². The Morgan fingerprint density at radius 2 is 1.87 bits per heavy atom. The molecule has 0 saturated heterocycles. The lowest BCUT2D eigenvalue weighted by atomic mass is 10.1. The molecule has 6 nitrogen and oxygen atoms in total. The van der Waals surface area contributed by atoms with E-state index in [4.69, 9.17) is 0 Å². The molecule has 1 amide bonds. The molecule has 0 aliphatic heterocycles. The van der Waals surface area contributed by atoms with Gasteiger partial charge in [-0.2, -0.15) is 13.2 Å². The molecule has 3 rings (SSSR count). The van der Waals surface area contributed by atoms with Crippen LogP contribution in [0.1, 0.15) is 25.1 Å². The van der Waals surface area contributed by atoms with Crippen LogP contribution in [0.5, 0.6) is 0 Å². The molecule has 0 aliphatic carbocycles. The zero-order chi connectivity index (χ0) is 21.7. The van der Waals surface area contributed by atoms with E-state index in [9.17, 15) is 18.0 Å². The van der Waals surface area contributed by atoms with Crippen molar-refractivity contribution < 1.29 is 18.0 Å². The molecule has 0 saturated carbocycles. The first-order valence-electron chi connectivity index (χ1n) is 9.30. The third-order valence-electron chi connectivity index (χ3n) is 4.32. The number of hydrogen-bond acceptors (Lipinski definition) is 5. The number of thioether (sulfide) groups is 1. The lowest BCUT2D eigenvalue weighted by molar-refractivity contribution is -0.141. The number of carbonyl (C=O) groups excluding carboxylic acids is 1. The Labute approximate surface area is 175 Å². The first kappa shape index (κ1) is 21.8. The Bertz CT molecular complexity index is 1020. The van der Waals surface area contributed by atoms with Crippen LogP contribution >= 0.6 is 11.8 Å². The molecule has 0 unspecified atom stereocenters. The molecule has 0 atom stereocenters. The van der Waals surface area contributed by atoms with Gasteiger partial charge in [-0.1, -0.05) is 30.8 Å². The second-order valence-corrected chi connectivity index (χ2v) is 7.31. The number of carbonyl (C=O) groups is 1. The third kappa shape index (κ3) is 5.18. The van der Waals surface area contributed by atoms with Gasteiger partial charge in [-0.05, 0) is 43.2 Å². The van der Waals surface area contributed by atoms with Gasteiger partial charge in [0.15, 0.2) is 11.0 Å². The summed E-state index contributed by atoms with van der Waals surface area (Å²) < 4.78 is 40.5. The second kappa shape index (κ2) is 9.29. The van der Waals surface area contributed by atoms with Crippen LogP contribution in [0.15, 0.2) is 47.8 Å². The van der Waals surface area contributed by atoms with Crippen molar-refractivity contribution in [3.05, 3.63) is 53.9 Å². The van der Waals surface area contributed by atoms with Crippen LogP contribution in [-0.4, -0.2) is 31.4 Å². The zero-order valence-corrected chi connectivity index (χ0v) is 17.2. The number of rotatable bonds is 7. The highest BCUT2D eigenvalue weighted by Gasteiger charge is 2.33. The van der Waals surface area contributed by atoms with E-state index in [1.165, 1.54) is 23.4 Å². The average Bonchev–Trinajstić information content (AvgIpc) is 3.15. The highest BCUT2D eigenvalue weighted by atomic mass is 32.2. The van der Waals surface area contributed by atoms with Crippen molar-refractivity contribution >= 4 is 23.4 Å². The van der Waals surface area contributed by atoms with Crippen LogP contribution < -0.4 is 5.32 Å². The first-order valence-corrected chi connectivity index (χ1v) is 10.3. The number of anilines is 1. The van der Waals surface area contributed by atoms with E-state index in [2.05, 4.69) is 27.4 Å². The molecule has 10 heteroatoms. The molecule has 0 radical (unpaired) electrons. The number of halogens is 3. The predicted molar refractivity (Wildman–Crippen MR) is 109 cm³/mol. The second-order valence-electron chi connectivity index (χ2n) is 6.37. The maximum Gasteiger partial charge on any atom is 0.433 e. The summed E-state index contributed by atoms with van der Waals surface area (Å²) in [7, 11) is 0. The monoisotopic (exact) mass is 435 g/mol. The van der Waals surface area contributed by atoms with Gasteiger partial charge in [0, 0.05) is 24.0 Å². The standard InChI is InChI=1S/C20H20F3N5OS/c1-3-13-5-7-15(8-6-13)25-17(29)12-30-19-27-26-18(28(19)4-2)14-9-10-24-16(11-14)20(21,22)23/h5-11H,3-4,12H2,1-2H3,(H,25,29). The minimum Gasteiger partial charge on any atom is -0.325 e. The Hall–Kier alpha value is -2.88. The smallest absolute Gasteiger partial charge is 0.325 e. The maximum atomic E-state index is 12.9. The van der Waals surface area contributed by atoms with Gasteiger partial charge in [0.1, 0.15) is 5.69 Å². The van der Waals surface area contributed by atoms with Crippen LogP contribution in [0, 0.1) is 0 Å². The summed E-state index contributed by atoms with van der Waals surface area (Å²) in [5.41, 5.74) is 1.15. The highest BCUT2D eigenvalue weighted by molar-refractivity contribution is 7.99. The molecular formula is C20H20F3N5OS. The molecule has 1 N–H and O–H groups in total. The summed E-state index contributed by atoms with van der Waals surface area (Å²) in [6.07, 6.45) is -2.53. The molecule has 0 aliphatic rings. The minimum absolute atomic E-state index is 0.0950. The normalized spacial score (nSPS) is 11.5. The van der Waals surface area contributed by atoms with Crippen molar-refractivity contribution in [2.75, 3.05) is 11.1 Å². The van der Waals surface area contributed by atoms with Gasteiger partial charge in [-0.25, -0.2) is 0 Å². The van der Waals surface area contributed by atoms with Crippen LogP contribution in [0.3, 0.4) is 0 Å². The lowest BCUT2D eigenvalue weighted by Gasteiger charge is -2.10. The van der Waals surface area contributed by atoms with Crippen molar-refractivity contribution in [2.24, 2.45) is 0 Å². The molecule has 3 aromatic rings. The van der Waals surface area contributed by atoms with Crippen molar-refractivity contribution in [3.8, 4) is 11.4 Å². The Balaban J connectivity index is 1.70. The fourth-order valence-corrected chi connectivity index (χ4v) is 3.57. The number of nitrogens with one attached hydrogen (secondary N) is 1. The molecule has 158 valence electrons. The van der Waals surface area contributed by atoms with E-state index < -0.39 is 11.9 Å². The highest BCUT2D eigenvalue weighted by Crippen LogP contribution is 2.31. The van der Waals surface area contributed by atoms with E-state index in [-0.39, 0.29) is 17.2 Å². The molecule has 1 aromatic carbocycles. The largest absolute Gasteiger partial charge is 0.433 e. The van der Waals surface area contributed by atoms with E-state index in [0.717, 1.165) is 18.7 Å². The zero-order valence-electron chi connectivity index (χ0n) is 16.4. The summed E-state index contributed by atoms with van der Waals surface area (Å²) in [5.74, 6) is 0.181. The van der Waals surface area contributed by atoms with Crippen LogP contribution in [-0.2, 0) is 23.9 Å². The first-order chi connectivity index (χ1) is 14.3. The van der Waals surface area contributed by atoms with Gasteiger partial charge in [0.05, 0.1) is 5.75 Å². The molecule has 2 heterocycles. The number of amides is 1. The maximum absolute atomic E-state index is 12.9. The fraction of sp³-hybridized carbons (Fsp3) is 0.300. The van der Waals surface area contributed by atoms with Gasteiger partial charge in [-0.15, -0.1) is 10.2 Å². The summed E-state index contributed by atoms with van der Waals surface area (Å²) >= 11 is 1.17. The average molecular weight is 435 g/mol. The molecule has 30 heavy (non-hydrogen) atoms. The molecular weight excluding hydrogens is 415 g/mol. The summed E-state index contributed by atoms with van der Waals surface area (Å²) in [6.45, 7) is 4.32. The van der Waals surface area contributed by atoms with E-state index >= 15 is 0 Å². The van der Waals surface area contributed by atoms with E-state index in [0.29, 0.717) is 23.2 Å². The number of alkyl halides is 3. The Morgan fingerprint density at radius 1 is 1.13 bits per heavy atom. The summed E-state index contributed by atoms with van der Waals surface area (Å²) in [4.78, 5) is 15.6. The number of hydrogen-bond donors (Lipinski definition) is 1. The predicted octanol–water partition coefficient (Wildman–Crippen LogP) is 4.67. The van der Waals surface area contributed by atoms with Crippen LogP contribution in [0.4, 0.5) is 18.9 Å². The van der Waals surface area contributed by atoms with E-state index in [1.807, 2.05) is 31.2 Å². The molecule has 0 spiro atoms. The summed E-state index contributed by atoms with van der Waals surface area (Å²) in [5, 5.41) is 11.3. The Morgan fingerprint density at radius 3 is 2.50 bits per heavy atom. The third-order valence-corrected chi connectivity index (χ3v) is 5.29. The number of benzene rings is 1.